The highest BCUT2D eigenvalue weighted by atomic mass is 32.2. The van der Waals surface area contributed by atoms with Gasteiger partial charge in [-0.15, -0.1) is 0 Å². The summed E-state index contributed by atoms with van der Waals surface area (Å²) in [5.74, 6) is -1.29. The molecule has 0 aliphatic rings. The number of benzene rings is 1. The first-order valence-electron chi connectivity index (χ1n) is 5.58. The Bertz CT molecular complexity index is 838. The number of rotatable bonds is 5. The first kappa shape index (κ1) is 15.2. The molecule has 21 heavy (non-hydrogen) atoms. The van der Waals surface area contributed by atoms with Gasteiger partial charge in [0.2, 0.25) is 10.0 Å². The molecule has 112 valence electrons. The van der Waals surface area contributed by atoms with Crippen LogP contribution in [-0.4, -0.2) is 24.5 Å². The maximum atomic E-state index is 11.2. The van der Waals surface area contributed by atoms with Crippen molar-refractivity contribution >= 4 is 33.0 Å². The molecule has 0 radical (unpaired) electrons. The Hall–Kier alpha value is -2.17. The highest BCUT2D eigenvalue weighted by molar-refractivity contribution is 7.89. The number of carboxylic acids is 1. The molecule has 0 saturated heterocycles. The molecule has 0 fully saturated rings. The first-order valence-corrected chi connectivity index (χ1v) is 8.00. The van der Waals surface area contributed by atoms with Gasteiger partial charge in [0.15, 0.2) is 0 Å². The van der Waals surface area contributed by atoms with Crippen molar-refractivity contribution in [2.75, 3.05) is 5.32 Å². The van der Waals surface area contributed by atoms with Crippen molar-refractivity contribution in [2.24, 2.45) is 5.14 Å². The molecule has 5 N–H and O–H groups in total. The lowest BCUT2D eigenvalue weighted by atomic mass is 10.2. The lowest BCUT2D eigenvalue weighted by Crippen LogP contribution is -2.14. The van der Waals surface area contributed by atoms with Gasteiger partial charge in [0.05, 0.1) is 17.0 Å². The Morgan fingerprint density at radius 1 is 1.43 bits per heavy atom. The normalized spacial score (nSPS) is 11.3. The number of H-pyrrole nitrogens is 1. The molecule has 0 amide bonds. The van der Waals surface area contributed by atoms with Gasteiger partial charge in [-0.3, -0.25) is 4.79 Å². The molecule has 0 spiro atoms. The number of aromatic nitrogens is 1. The summed E-state index contributed by atoms with van der Waals surface area (Å²) >= 11 is 0.993. The summed E-state index contributed by atoms with van der Waals surface area (Å²) in [4.78, 5) is 24.2. The van der Waals surface area contributed by atoms with E-state index in [-0.39, 0.29) is 27.6 Å². The Morgan fingerprint density at radius 2 is 2.14 bits per heavy atom. The number of sulfonamides is 1. The van der Waals surface area contributed by atoms with Gasteiger partial charge in [0, 0.05) is 16.8 Å². The molecule has 2 aromatic rings. The number of aromatic carboxylic acids is 1. The summed E-state index contributed by atoms with van der Waals surface area (Å²) in [6.45, 7) is 0.202. The van der Waals surface area contributed by atoms with Gasteiger partial charge in [-0.05, 0) is 18.2 Å². The van der Waals surface area contributed by atoms with Gasteiger partial charge >= 0.3 is 10.8 Å². The minimum Gasteiger partial charge on any atom is -0.478 e. The number of carbonyl (C=O) groups is 1. The third-order valence-electron chi connectivity index (χ3n) is 2.59. The number of primary sulfonamides is 1. The molecule has 1 aromatic carbocycles. The number of aromatic amines is 1. The van der Waals surface area contributed by atoms with Gasteiger partial charge in [0.1, 0.15) is 0 Å². The standard InChI is InChI=1S/C11H11N3O5S2/c12-21(18,19)7-1-2-9(8(3-7)10(15)16)13-4-6-5-20-11(17)14-6/h1-3,5,13H,4H2,(H,14,17)(H,15,16)(H2,12,18,19). The summed E-state index contributed by atoms with van der Waals surface area (Å²) < 4.78 is 22.5. The van der Waals surface area contributed by atoms with Crippen molar-refractivity contribution in [3.8, 4) is 0 Å². The second kappa shape index (κ2) is 5.68. The predicted octanol–water partition coefficient (Wildman–Crippen LogP) is 0.394. The average molecular weight is 329 g/mol. The number of hydrogen-bond donors (Lipinski definition) is 4. The smallest absolute Gasteiger partial charge is 0.337 e. The lowest BCUT2D eigenvalue weighted by molar-refractivity contribution is 0.0697. The van der Waals surface area contributed by atoms with Crippen LogP contribution in [0.1, 0.15) is 16.1 Å². The van der Waals surface area contributed by atoms with Crippen LogP contribution in [0.5, 0.6) is 0 Å². The summed E-state index contributed by atoms with van der Waals surface area (Å²) in [5, 5.41) is 18.5. The van der Waals surface area contributed by atoms with Gasteiger partial charge in [-0.2, -0.15) is 0 Å². The van der Waals surface area contributed by atoms with E-state index in [1.165, 1.54) is 12.1 Å². The van der Waals surface area contributed by atoms with Crippen LogP contribution in [-0.2, 0) is 16.6 Å². The number of nitrogens with two attached hydrogens (primary N) is 1. The van der Waals surface area contributed by atoms with Crippen LogP contribution >= 0.6 is 11.3 Å². The molecule has 1 heterocycles. The fourth-order valence-corrected chi connectivity index (χ4v) is 2.74. The van der Waals surface area contributed by atoms with Crippen LogP contribution in [0.15, 0.2) is 33.3 Å². The van der Waals surface area contributed by atoms with Crippen LogP contribution in [0.2, 0.25) is 0 Å². The van der Waals surface area contributed by atoms with Crippen LogP contribution in [0.3, 0.4) is 0 Å². The zero-order valence-corrected chi connectivity index (χ0v) is 12.1. The summed E-state index contributed by atoms with van der Waals surface area (Å²) in [5.41, 5.74) is 0.595. The first-order chi connectivity index (χ1) is 9.77. The second-order valence-corrected chi connectivity index (χ2v) is 6.49. The van der Waals surface area contributed by atoms with Crippen molar-refractivity contribution in [1.29, 1.82) is 0 Å². The minimum absolute atomic E-state index is 0.202. The number of hydrogen-bond acceptors (Lipinski definition) is 6. The Labute approximate surface area is 123 Å². The highest BCUT2D eigenvalue weighted by Crippen LogP contribution is 2.20. The van der Waals surface area contributed by atoms with Crippen molar-refractivity contribution in [1.82, 2.24) is 4.98 Å². The van der Waals surface area contributed by atoms with Crippen molar-refractivity contribution in [3.05, 3.63) is 44.5 Å². The fourth-order valence-electron chi connectivity index (χ4n) is 1.62. The molecule has 0 unspecified atom stereocenters. The van der Waals surface area contributed by atoms with E-state index in [0.29, 0.717) is 5.69 Å². The summed E-state index contributed by atoms with van der Waals surface area (Å²) in [7, 11) is -3.98. The largest absolute Gasteiger partial charge is 0.478 e. The lowest BCUT2D eigenvalue weighted by Gasteiger charge is -2.10. The van der Waals surface area contributed by atoms with Gasteiger partial charge in [-0.1, -0.05) is 11.3 Å². The van der Waals surface area contributed by atoms with Crippen molar-refractivity contribution in [3.63, 3.8) is 0 Å². The molecular formula is C11H11N3O5S2. The third-order valence-corrected chi connectivity index (χ3v) is 4.22. The Kier molecular flexibility index (Phi) is 4.11. The zero-order valence-electron chi connectivity index (χ0n) is 10.5. The number of nitrogens with one attached hydrogen (secondary N) is 2. The zero-order chi connectivity index (χ0) is 15.6. The van der Waals surface area contributed by atoms with E-state index >= 15 is 0 Å². The SMILES string of the molecule is NS(=O)(=O)c1ccc(NCc2csc(=O)[nH]2)c(C(=O)O)c1. The van der Waals surface area contributed by atoms with E-state index in [4.69, 9.17) is 10.2 Å². The summed E-state index contributed by atoms with van der Waals surface area (Å²) in [6, 6.07) is 3.50. The molecule has 0 aliphatic carbocycles. The van der Waals surface area contributed by atoms with Gasteiger partial charge in [0.25, 0.3) is 0 Å². The summed E-state index contributed by atoms with van der Waals surface area (Å²) in [6.07, 6.45) is 0. The van der Waals surface area contributed by atoms with E-state index in [2.05, 4.69) is 10.3 Å². The molecule has 8 nitrogen and oxygen atoms in total. The van der Waals surface area contributed by atoms with Crippen molar-refractivity contribution in [2.45, 2.75) is 11.4 Å². The molecule has 0 atom stereocenters. The molecule has 0 bridgehead atoms. The number of anilines is 1. The Balaban J connectivity index is 2.30. The number of carboxylic acid groups (broad SMARTS) is 1. The van der Waals surface area contributed by atoms with E-state index < -0.39 is 16.0 Å². The number of thiazole rings is 1. The minimum atomic E-state index is -3.98. The maximum absolute atomic E-state index is 11.2. The molecule has 0 saturated carbocycles. The highest BCUT2D eigenvalue weighted by Gasteiger charge is 2.16. The quantitative estimate of drug-likeness (QED) is 0.625. The molecule has 2 rings (SSSR count). The average Bonchev–Trinajstić information content (AvgIpc) is 2.80. The molecule has 10 heteroatoms. The van der Waals surface area contributed by atoms with E-state index in [1.807, 2.05) is 0 Å². The van der Waals surface area contributed by atoms with Crippen molar-refractivity contribution < 1.29 is 18.3 Å². The predicted molar refractivity (Wildman–Crippen MR) is 77.0 cm³/mol. The molecule has 1 aromatic heterocycles. The van der Waals surface area contributed by atoms with Crippen LogP contribution in [0, 0.1) is 0 Å². The van der Waals surface area contributed by atoms with Crippen LogP contribution < -0.4 is 15.3 Å². The van der Waals surface area contributed by atoms with Gasteiger partial charge < -0.3 is 15.4 Å². The van der Waals surface area contributed by atoms with E-state index in [0.717, 1.165) is 17.4 Å². The Morgan fingerprint density at radius 3 is 2.67 bits per heavy atom. The maximum Gasteiger partial charge on any atom is 0.337 e. The molecular weight excluding hydrogens is 318 g/mol. The monoisotopic (exact) mass is 329 g/mol. The molecule has 0 aliphatic heterocycles. The van der Waals surface area contributed by atoms with Crippen LogP contribution in [0.25, 0.3) is 0 Å². The van der Waals surface area contributed by atoms with E-state index in [9.17, 15) is 18.0 Å². The third kappa shape index (κ3) is 3.68. The van der Waals surface area contributed by atoms with Crippen LogP contribution in [0.4, 0.5) is 5.69 Å². The van der Waals surface area contributed by atoms with Gasteiger partial charge in [-0.25, -0.2) is 18.4 Å². The fraction of sp³-hybridized carbons (Fsp3) is 0.0909. The second-order valence-electron chi connectivity index (χ2n) is 4.08. The topological polar surface area (TPSA) is 142 Å². The van der Waals surface area contributed by atoms with E-state index in [1.54, 1.807) is 5.38 Å².